The van der Waals surface area contributed by atoms with Gasteiger partial charge in [-0.05, 0) is 79.7 Å². The highest BCUT2D eigenvalue weighted by Crippen LogP contribution is 2.46. The summed E-state index contributed by atoms with van der Waals surface area (Å²) >= 11 is 0. The van der Waals surface area contributed by atoms with E-state index in [1.54, 1.807) is 14.0 Å². The van der Waals surface area contributed by atoms with Crippen molar-refractivity contribution >= 4 is 5.97 Å². The number of methoxy groups -OCH3 is 1. The van der Waals surface area contributed by atoms with E-state index in [0.29, 0.717) is 12.8 Å². The number of esters is 1. The zero-order valence-electron chi connectivity index (χ0n) is 31.9. The smallest absolute Gasteiger partial charge is 0.311 e. The third-order valence-corrected chi connectivity index (χ3v) is 12.2. The van der Waals surface area contributed by atoms with E-state index in [9.17, 15) is 15.0 Å². The maximum absolute atomic E-state index is 14.1. The van der Waals surface area contributed by atoms with Gasteiger partial charge in [-0.1, -0.05) is 34.6 Å². The number of ether oxygens (including phenoxy) is 7. The molecule has 0 saturated carbocycles. The second-order valence-corrected chi connectivity index (χ2v) is 16.4. The zero-order valence-corrected chi connectivity index (χ0v) is 31.9. The number of hydrogen-bond donors (Lipinski definition) is 2. The highest BCUT2D eigenvalue weighted by Gasteiger charge is 2.56. The summed E-state index contributed by atoms with van der Waals surface area (Å²) in [4.78, 5) is 16.3. The van der Waals surface area contributed by atoms with Crippen molar-refractivity contribution in [3.63, 3.8) is 0 Å². The van der Waals surface area contributed by atoms with E-state index in [-0.39, 0.29) is 48.3 Å². The van der Waals surface area contributed by atoms with Crippen LogP contribution in [0.1, 0.15) is 102 Å². The highest BCUT2D eigenvalue weighted by molar-refractivity contribution is 5.73. The lowest BCUT2D eigenvalue weighted by atomic mass is 9.76. The van der Waals surface area contributed by atoms with Gasteiger partial charge in [0.1, 0.15) is 18.3 Å². The fourth-order valence-corrected chi connectivity index (χ4v) is 9.01. The van der Waals surface area contributed by atoms with Crippen LogP contribution in [0, 0.1) is 29.6 Å². The van der Waals surface area contributed by atoms with E-state index in [1.807, 2.05) is 48.6 Å². The van der Waals surface area contributed by atoms with Crippen LogP contribution in [0.4, 0.5) is 0 Å². The largest absolute Gasteiger partial charge is 0.462 e. The van der Waals surface area contributed by atoms with E-state index in [1.165, 1.54) is 0 Å². The Morgan fingerprint density at radius 3 is 2.25 bits per heavy atom. The number of aliphatic hydroxyl groups is 2. The summed E-state index contributed by atoms with van der Waals surface area (Å²) in [5.74, 6) is -1.37. The van der Waals surface area contributed by atoms with Crippen LogP contribution >= 0.6 is 0 Å². The van der Waals surface area contributed by atoms with Gasteiger partial charge in [-0.25, -0.2) is 0 Å². The lowest BCUT2D eigenvalue weighted by molar-refractivity contribution is -0.378. The minimum absolute atomic E-state index is 0.0245. The summed E-state index contributed by atoms with van der Waals surface area (Å²) in [6, 6.07) is -0.159. The first kappa shape index (κ1) is 39.9. The van der Waals surface area contributed by atoms with Gasteiger partial charge in [0.05, 0.1) is 47.6 Å². The van der Waals surface area contributed by atoms with Crippen LogP contribution in [-0.4, -0.2) is 120 Å². The predicted molar refractivity (Wildman–Crippen MR) is 181 cm³/mol. The monoisotopic (exact) mass is 685 g/mol. The van der Waals surface area contributed by atoms with Crippen molar-refractivity contribution in [2.24, 2.45) is 29.6 Å². The van der Waals surface area contributed by atoms with Gasteiger partial charge in [0.15, 0.2) is 12.6 Å². The van der Waals surface area contributed by atoms with Crippen LogP contribution in [0.5, 0.6) is 0 Å². The Morgan fingerprint density at radius 1 is 0.958 bits per heavy atom. The molecular weight excluding hydrogens is 618 g/mol. The van der Waals surface area contributed by atoms with Gasteiger partial charge in [0.25, 0.3) is 0 Å². The van der Waals surface area contributed by atoms with Crippen LogP contribution in [0.25, 0.3) is 0 Å². The minimum atomic E-state index is -0.902. The molecule has 11 heteroatoms. The first-order valence-electron chi connectivity index (χ1n) is 18.5. The zero-order chi connectivity index (χ0) is 35.9. The summed E-state index contributed by atoms with van der Waals surface area (Å²) < 4.78 is 45.5. The van der Waals surface area contributed by atoms with Crippen molar-refractivity contribution in [3.05, 3.63) is 0 Å². The highest BCUT2D eigenvalue weighted by atomic mass is 16.7. The Kier molecular flexibility index (Phi) is 13.1. The van der Waals surface area contributed by atoms with Crippen molar-refractivity contribution in [1.29, 1.82) is 0 Å². The molecule has 11 nitrogen and oxygen atoms in total. The lowest BCUT2D eigenvalue weighted by Gasteiger charge is -2.55. The van der Waals surface area contributed by atoms with Crippen LogP contribution in [0.3, 0.4) is 0 Å². The molecule has 0 aromatic carbocycles. The van der Waals surface area contributed by atoms with Crippen molar-refractivity contribution in [2.45, 2.75) is 181 Å². The molecule has 0 aliphatic carbocycles. The van der Waals surface area contributed by atoms with Crippen molar-refractivity contribution in [3.8, 4) is 0 Å². The van der Waals surface area contributed by atoms with Gasteiger partial charge in [0, 0.05) is 38.0 Å². The maximum Gasteiger partial charge on any atom is 0.311 e. The third kappa shape index (κ3) is 8.26. The molecule has 2 N–H and O–H groups in total. The quantitative estimate of drug-likeness (QED) is 0.406. The number of hydrogen-bond acceptors (Lipinski definition) is 11. The summed E-state index contributed by atoms with van der Waals surface area (Å²) in [6.07, 6.45) is -2.94. The average molecular weight is 686 g/mol. The van der Waals surface area contributed by atoms with Gasteiger partial charge in [-0.2, -0.15) is 0 Å². The predicted octanol–water partition coefficient (Wildman–Crippen LogP) is 4.54. The minimum Gasteiger partial charge on any atom is -0.462 e. The van der Waals surface area contributed by atoms with Crippen LogP contribution in [0.2, 0.25) is 0 Å². The van der Waals surface area contributed by atoms with E-state index >= 15 is 0 Å². The molecule has 4 fully saturated rings. The number of carbonyl (C=O) groups excluding carboxylic acids is 1. The number of cyclic esters (lactones) is 1. The molecular formula is C37H67NO10. The lowest BCUT2D eigenvalue weighted by Crippen LogP contribution is -2.65. The van der Waals surface area contributed by atoms with Crippen molar-refractivity contribution in [1.82, 2.24) is 4.90 Å². The fraction of sp³-hybridized carbons (Fsp3) is 0.973. The summed E-state index contributed by atoms with van der Waals surface area (Å²) in [6.45, 7) is 22.8. The summed E-state index contributed by atoms with van der Waals surface area (Å²) in [5, 5.41) is 22.4. The number of aliphatic hydroxyl groups excluding tert-OH is 2. The first-order valence-corrected chi connectivity index (χ1v) is 18.5. The Morgan fingerprint density at radius 2 is 1.62 bits per heavy atom. The molecule has 0 amide bonds. The molecule has 280 valence electrons. The Hall–Kier alpha value is -0.890. The molecule has 4 heterocycles. The maximum atomic E-state index is 14.1. The van der Waals surface area contributed by atoms with Gasteiger partial charge >= 0.3 is 5.97 Å². The van der Waals surface area contributed by atoms with Crippen LogP contribution < -0.4 is 0 Å². The van der Waals surface area contributed by atoms with E-state index in [4.69, 9.17) is 33.2 Å². The molecule has 4 saturated heterocycles. The fourth-order valence-electron chi connectivity index (χ4n) is 9.01. The number of nitrogens with zero attached hydrogens (tertiary/aromatic N) is 1. The Bertz CT molecular complexity index is 1070. The number of likely N-dealkylation sites (N-methyl/N-ethyl adjacent to an activating group) is 1. The number of fused-ring (bicyclic) bond motifs is 2. The molecule has 0 aromatic rings. The van der Waals surface area contributed by atoms with Gasteiger partial charge in [0.2, 0.25) is 0 Å². The molecule has 0 aromatic heterocycles. The van der Waals surface area contributed by atoms with Crippen molar-refractivity contribution < 1.29 is 48.2 Å². The van der Waals surface area contributed by atoms with Crippen molar-refractivity contribution in [2.75, 3.05) is 20.7 Å². The van der Waals surface area contributed by atoms with Gasteiger partial charge in [-0.15, -0.1) is 0 Å². The number of carbonyl (C=O) groups is 1. The van der Waals surface area contributed by atoms with E-state index in [0.717, 1.165) is 13.0 Å². The van der Waals surface area contributed by atoms with E-state index in [2.05, 4.69) is 32.6 Å². The number of rotatable bonds is 4. The topological polar surface area (TPSA) is 125 Å². The van der Waals surface area contributed by atoms with Crippen LogP contribution in [-0.2, 0) is 38.0 Å². The molecule has 0 spiro atoms. The third-order valence-electron chi connectivity index (χ3n) is 12.2. The molecule has 48 heavy (non-hydrogen) atoms. The summed E-state index contributed by atoms with van der Waals surface area (Å²) in [7, 11) is 3.62. The van der Waals surface area contributed by atoms with Crippen LogP contribution in [0.15, 0.2) is 0 Å². The first-order chi connectivity index (χ1) is 22.3. The molecule has 0 bridgehead atoms. The van der Waals surface area contributed by atoms with E-state index < -0.39 is 72.3 Å². The van der Waals surface area contributed by atoms with Gasteiger partial charge < -0.3 is 48.3 Å². The Balaban J connectivity index is 1.78. The molecule has 0 radical (unpaired) electrons. The molecule has 4 rings (SSSR count). The normalized spacial score (nSPS) is 51.9. The molecule has 4 aliphatic rings. The molecule has 0 unspecified atom stereocenters. The standard InChI is InChI=1S/C37H67NO10/c1-14-27-22(5)29(39)25(8)38(12)18-19(2)16-37(11)33(47-35-30(48-37)20(3)15-21(4)43-35)23(6)31(24(7)34(41)45-27)46-28-17-36(10,42-13)32(40)26(9)44-28/h19-33,35,39-40H,14-18H2,1-13H3/t19-,20+,21-,22+,23+,24-,25-,26+,27-,28+,29+,30-,31+,32+,33-,35+,36-,37-/m1/s1. The molecule has 4 aliphatic heterocycles. The average Bonchev–Trinajstić information content (AvgIpc) is 3.02. The summed E-state index contributed by atoms with van der Waals surface area (Å²) in [5.41, 5.74) is -1.65. The van der Waals surface area contributed by atoms with Gasteiger partial charge in [-0.3, -0.25) is 4.79 Å². The molecule has 18 atom stereocenters. The second kappa shape index (κ2) is 15.8. The SMILES string of the molecule is CC[C@H]1OC(=O)[C@H](C)[C@@H](O[C@H]2C[C@@](C)(OC)[C@@H](O)[C@H](C)O2)[C@H](C)[C@H]2O[C@@H]3O[C@H](C)C[C@H](C)[C@H]3O[C@]2(C)C[C@@H](C)CN(C)[C@H](C)[C@@H](O)[C@H]1C. The Labute approximate surface area is 289 Å². The second-order valence-electron chi connectivity index (χ2n) is 16.4.